The van der Waals surface area contributed by atoms with Gasteiger partial charge in [-0.1, -0.05) is 17.7 Å². The third-order valence-electron chi connectivity index (χ3n) is 3.96. The zero-order valence-corrected chi connectivity index (χ0v) is 16.1. The number of benzene rings is 1. The Morgan fingerprint density at radius 3 is 2.58 bits per heavy atom. The molecule has 0 atom stereocenters. The standard InChI is InChI=1S/C20H22ClN5/c1-12(2)23-20-24-17(15-6-5-9-22-11-15)10-18(26-20)25-19-13(3)7-8-16(21)14(19)4/h5-12H,1-4H3,(H2,23,24,25,26). The Bertz CT molecular complexity index is 910. The van der Waals surface area contributed by atoms with E-state index in [1.54, 1.807) is 12.4 Å². The summed E-state index contributed by atoms with van der Waals surface area (Å²) >= 11 is 6.29. The van der Waals surface area contributed by atoms with Crippen molar-refractivity contribution in [2.45, 2.75) is 33.7 Å². The van der Waals surface area contributed by atoms with E-state index in [-0.39, 0.29) is 6.04 Å². The molecule has 3 aromatic rings. The zero-order valence-electron chi connectivity index (χ0n) is 15.3. The number of halogens is 1. The van der Waals surface area contributed by atoms with Gasteiger partial charge < -0.3 is 10.6 Å². The van der Waals surface area contributed by atoms with E-state index in [1.165, 1.54) is 0 Å². The number of hydrogen-bond donors (Lipinski definition) is 2. The van der Waals surface area contributed by atoms with Gasteiger partial charge in [0.25, 0.3) is 0 Å². The van der Waals surface area contributed by atoms with Crippen molar-refractivity contribution in [1.29, 1.82) is 0 Å². The lowest BCUT2D eigenvalue weighted by Gasteiger charge is -2.16. The average molecular weight is 368 g/mol. The molecule has 0 saturated carbocycles. The minimum Gasteiger partial charge on any atom is -0.352 e. The molecule has 0 aliphatic carbocycles. The van der Waals surface area contributed by atoms with Crippen LogP contribution in [0, 0.1) is 13.8 Å². The third kappa shape index (κ3) is 4.11. The van der Waals surface area contributed by atoms with Crippen molar-refractivity contribution in [1.82, 2.24) is 15.0 Å². The lowest BCUT2D eigenvalue weighted by Crippen LogP contribution is -2.13. The van der Waals surface area contributed by atoms with Crippen molar-refractivity contribution in [2.24, 2.45) is 0 Å². The summed E-state index contributed by atoms with van der Waals surface area (Å²) in [6.45, 7) is 8.15. The monoisotopic (exact) mass is 367 g/mol. The molecule has 0 radical (unpaired) electrons. The maximum absolute atomic E-state index is 6.29. The van der Waals surface area contributed by atoms with E-state index in [1.807, 2.05) is 44.2 Å². The van der Waals surface area contributed by atoms with Crippen LogP contribution in [-0.4, -0.2) is 21.0 Å². The van der Waals surface area contributed by atoms with Crippen LogP contribution in [0.25, 0.3) is 11.3 Å². The van der Waals surface area contributed by atoms with Crippen LogP contribution in [0.15, 0.2) is 42.7 Å². The van der Waals surface area contributed by atoms with Crippen molar-refractivity contribution in [3.63, 3.8) is 0 Å². The SMILES string of the molecule is Cc1ccc(Cl)c(C)c1Nc1cc(-c2cccnc2)nc(NC(C)C)n1. The smallest absolute Gasteiger partial charge is 0.225 e. The van der Waals surface area contributed by atoms with E-state index < -0.39 is 0 Å². The molecular weight excluding hydrogens is 346 g/mol. The van der Waals surface area contributed by atoms with Gasteiger partial charge in [0.05, 0.1) is 5.69 Å². The normalized spacial score (nSPS) is 10.8. The summed E-state index contributed by atoms with van der Waals surface area (Å²) in [5.41, 5.74) is 4.79. The Morgan fingerprint density at radius 2 is 1.88 bits per heavy atom. The van der Waals surface area contributed by atoms with Gasteiger partial charge in [-0.15, -0.1) is 0 Å². The zero-order chi connectivity index (χ0) is 18.7. The molecule has 0 spiro atoms. The highest BCUT2D eigenvalue weighted by molar-refractivity contribution is 6.31. The number of hydrogen-bond acceptors (Lipinski definition) is 5. The van der Waals surface area contributed by atoms with Gasteiger partial charge in [0.2, 0.25) is 5.95 Å². The minimum atomic E-state index is 0.224. The number of anilines is 3. The third-order valence-corrected chi connectivity index (χ3v) is 4.37. The van der Waals surface area contributed by atoms with Crippen molar-refractivity contribution in [3.05, 3.63) is 58.9 Å². The van der Waals surface area contributed by atoms with Gasteiger partial charge in [0, 0.05) is 40.8 Å². The number of aromatic nitrogens is 3. The Kier molecular flexibility index (Phi) is 5.38. The maximum Gasteiger partial charge on any atom is 0.225 e. The maximum atomic E-state index is 6.29. The second-order valence-electron chi connectivity index (χ2n) is 6.49. The lowest BCUT2D eigenvalue weighted by atomic mass is 10.1. The molecular formula is C20H22ClN5. The molecule has 0 aliphatic heterocycles. The van der Waals surface area contributed by atoms with Crippen LogP contribution >= 0.6 is 11.6 Å². The molecule has 0 amide bonds. The second kappa shape index (κ2) is 7.70. The molecule has 2 N–H and O–H groups in total. The lowest BCUT2D eigenvalue weighted by molar-refractivity contribution is 0.875. The first kappa shape index (κ1) is 18.1. The highest BCUT2D eigenvalue weighted by atomic mass is 35.5. The number of pyridine rings is 1. The summed E-state index contributed by atoms with van der Waals surface area (Å²) in [5, 5.41) is 7.40. The molecule has 2 heterocycles. The highest BCUT2D eigenvalue weighted by Gasteiger charge is 2.11. The minimum absolute atomic E-state index is 0.224. The topological polar surface area (TPSA) is 62.7 Å². The van der Waals surface area contributed by atoms with Gasteiger partial charge in [-0.2, -0.15) is 4.98 Å². The Balaban J connectivity index is 2.05. The van der Waals surface area contributed by atoms with E-state index >= 15 is 0 Å². The van der Waals surface area contributed by atoms with Crippen LogP contribution in [0.2, 0.25) is 5.02 Å². The predicted molar refractivity (Wildman–Crippen MR) is 108 cm³/mol. The first-order chi connectivity index (χ1) is 12.4. The fraction of sp³-hybridized carbons (Fsp3) is 0.250. The fourth-order valence-corrected chi connectivity index (χ4v) is 2.80. The molecule has 134 valence electrons. The van der Waals surface area contributed by atoms with Crippen LogP contribution in [-0.2, 0) is 0 Å². The summed E-state index contributed by atoms with van der Waals surface area (Å²) in [4.78, 5) is 13.4. The summed E-state index contributed by atoms with van der Waals surface area (Å²) in [5.74, 6) is 1.27. The van der Waals surface area contributed by atoms with E-state index in [4.69, 9.17) is 11.6 Å². The predicted octanol–water partition coefficient (Wildman–Crippen LogP) is 5.37. The highest BCUT2D eigenvalue weighted by Crippen LogP contribution is 2.30. The molecule has 1 aromatic carbocycles. The van der Waals surface area contributed by atoms with Crippen molar-refractivity contribution in [2.75, 3.05) is 10.6 Å². The average Bonchev–Trinajstić information content (AvgIpc) is 2.62. The molecule has 0 unspecified atom stereocenters. The first-order valence-corrected chi connectivity index (χ1v) is 8.90. The molecule has 0 aliphatic rings. The Labute approximate surface area is 158 Å². The van der Waals surface area contributed by atoms with E-state index in [0.717, 1.165) is 33.1 Å². The van der Waals surface area contributed by atoms with Crippen LogP contribution in [0.1, 0.15) is 25.0 Å². The van der Waals surface area contributed by atoms with Gasteiger partial charge in [0.1, 0.15) is 5.82 Å². The van der Waals surface area contributed by atoms with Crippen molar-refractivity contribution >= 4 is 29.1 Å². The number of nitrogens with zero attached hydrogens (tertiary/aromatic N) is 3. The van der Waals surface area contributed by atoms with Crippen LogP contribution in [0.5, 0.6) is 0 Å². The van der Waals surface area contributed by atoms with E-state index in [0.29, 0.717) is 11.8 Å². The molecule has 5 nitrogen and oxygen atoms in total. The Hall–Kier alpha value is -2.66. The van der Waals surface area contributed by atoms with E-state index in [9.17, 15) is 0 Å². The number of rotatable bonds is 5. The van der Waals surface area contributed by atoms with Gasteiger partial charge in [-0.05, 0) is 57.0 Å². The van der Waals surface area contributed by atoms with Gasteiger partial charge in [-0.25, -0.2) is 4.98 Å². The van der Waals surface area contributed by atoms with Crippen molar-refractivity contribution < 1.29 is 0 Å². The van der Waals surface area contributed by atoms with Crippen LogP contribution in [0.3, 0.4) is 0 Å². The van der Waals surface area contributed by atoms with E-state index in [2.05, 4.69) is 39.4 Å². The summed E-state index contributed by atoms with van der Waals surface area (Å²) in [6.07, 6.45) is 3.54. The first-order valence-electron chi connectivity index (χ1n) is 8.53. The summed E-state index contributed by atoms with van der Waals surface area (Å²) < 4.78 is 0. The number of nitrogens with one attached hydrogen (secondary N) is 2. The van der Waals surface area contributed by atoms with Crippen LogP contribution in [0.4, 0.5) is 17.5 Å². The quantitative estimate of drug-likeness (QED) is 0.634. The molecule has 26 heavy (non-hydrogen) atoms. The molecule has 0 fully saturated rings. The molecule has 2 aromatic heterocycles. The van der Waals surface area contributed by atoms with Gasteiger partial charge >= 0.3 is 0 Å². The summed E-state index contributed by atoms with van der Waals surface area (Å²) in [7, 11) is 0. The molecule has 6 heteroatoms. The van der Waals surface area contributed by atoms with Gasteiger partial charge in [0.15, 0.2) is 0 Å². The van der Waals surface area contributed by atoms with Gasteiger partial charge in [-0.3, -0.25) is 4.98 Å². The molecule has 0 saturated heterocycles. The van der Waals surface area contributed by atoms with Crippen LogP contribution < -0.4 is 10.6 Å². The summed E-state index contributed by atoms with van der Waals surface area (Å²) in [6, 6.07) is 9.92. The Morgan fingerprint density at radius 1 is 1.08 bits per heavy atom. The van der Waals surface area contributed by atoms with Crippen molar-refractivity contribution in [3.8, 4) is 11.3 Å². The second-order valence-corrected chi connectivity index (χ2v) is 6.90. The fourth-order valence-electron chi connectivity index (χ4n) is 2.64. The molecule has 3 rings (SSSR count). The largest absolute Gasteiger partial charge is 0.352 e. The molecule has 0 bridgehead atoms. The number of aryl methyl sites for hydroxylation is 1.